The van der Waals surface area contributed by atoms with Gasteiger partial charge in [-0.05, 0) is 54.4 Å². The molecule has 0 saturated carbocycles. The monoisotopic (exact) mass is 488 g/mol. The van der Waals surface area contributed by atoms with Crippen LogP contribution in [0.4, 0.5) is 0 Å². The molecule has 0 fully saturated rings. The predicted octanol–water partition coefficient (Wildman–Crippen LogP) is 6.87. The zero-order chi connectivity index (χ0) is 24.6. The second-order valence-electron chi connectivity index (χ2n) is 8.62. The molecular formula is C30H21ClN4O. The number of hydrogen-bond acceptors (Lipinski definition) is 3. The van der Waals surface area contributed by atoms with Crippen LogP contribution in [0.2, 0.25) is 5.02 Å². The first kappa shape index (κ1) is 22.0. The Labute approximate surface area is 212 Å². The van der Waals surface area contributed by atoms with E-state index in [0.717, 1.165) is 22.4 Å². The van der Waals surface area contributed by atoms with Crippen LogP contribution in [-0.4, -0.2) is 19.3 Å². The van der Waals surface area contributed by atoms with Crippen LogP contribution in [0.1, 0.15) is 5.56 Å². The van der Waals surface area contributed by atoms with Gasteiger partial charge in [0.25, 0.3) is 5.56 Å². The molecule has 0 N–H and O–H groups in total. The fourth-order valence-corrected chi connectivity index (χ4v) is 4.43. The largest absolute Gasteiger partial charge is 0.269 e. The van der Waals surface area contributed by atoms with Gasteiger partial charge in [0.1, 0.15) is 11.2 Å². The third kappa shape index (κ3) is 3.89. The van der Waals surface area contributed by atoms with E-state index in [0.29, 0.717) is 27.6 Å². The molecule has 6 rings (SSSR count). The highest BCUT2D eigenvalue weighted by molar-refractivity contribution is 6.30. The quantitative estimate of drug-likeness (QED) is 0.272. The number of nitrogens with zero attached hydrogens (tertiary/aromatic N) is 4. The van der Waals surface area contributed by atoms with Gasteiger partial charge in [0.05, 0.1) is 17.6 Å². The smallest absolute Gasteiger partial charge is 0.268 e. The molecule has 0 aliphatic carbocycles. The summed E-state index contributed by atoms with van der Waals surface area (Å²) in [5, 5.41) is 5.53. The SMILES string of the molecule is Cc1ccc(-c2ccc(-c3nc4c(cnn4-c4ccccc4)c(=O)n3-c3ccc(Cl)cc3)cc2)cc1. The number of benzene rings is 4. The summed E-state index contributed by atoms with van der Waals surface area (Å²) < 4.78 is 3.32. The maximum Gasteiger partial charge on any atom is 0.269 e. The molecule has 0 saturated heterocycles. The van der Waals surface area contributed by atoms with E-state index in [1.165, 1.54) is 5.56 Å². The molecule has 0 aliphatic rings. The highest BCUT2D eigenvalue weighted by Gasteiger charge is 2.18. The van der Waals surface area contributed by atoms with E-state index >= 15 is 0 Å². The first-order valence-corrected chi connectivity index (χ1v) is 12.0. The van der Waals surface area contributed by atoms with Gasteiger partial charge in [-0.1, -0.05) is 83.9 Å². The first-order valence-electron chi connectivity index (χ1n) is 11.6. The van der Waals surface area contributed by atoms with Crippen LogP contribution < -0.4 is 5.56 Å². The number of halogens is 1. The van der Waals surface area contributed by atoms with Gasteiger partial charge in [0, 0.05) is 10.6 Å². The number of para-hydroxylation sites is 1. The summed E-state index contributed by atoms with van der Waals surface area (Å²) in [6.45, 7) is 2.07. The molecule has 2 aromatic heterocycles. The van der Waals surface area contributed by atoms with E-state index in [-0.39, 0.29) is 5.56 Å². The summed E-state index contributed by atoms with van der Waals surface area (Å²) in [7, 11) is 0. The maximum absolute atomic E-state index is 13.8. The Morgan fingerprint density at radius 2 is 1.31 bits per heavy atom. The molecular weight excluding hydrogens is 468 g/mol. The van der Waals surface area contributed by atoms with Gasteiger partial charge in [0.2, 0.25) is 0 Å². The van der Waals surface area contributed by atoms with Crippen LogP contribution in [0, 0.1) is 6.92 Å². The standard InChI is InChI=1S/C30H21ClN4O/c1-20-7-9-21(10-8-20)22-11-13-23(14-12-22)28-33-29-27(19-32-35(29)26-5-3-2-4-6-26)30(36)34(28)25-17-15-24(31)16-18-25/h2-19H,1H3. The molecule has 36 heavy (non-hydrogen) atoms. The van der Waals surface area contributed by atoms with Gasteiger partial charge in [-0.3, -0.25) is 9.36 Å². The summed E-state index contributed by atoms with van der Waals surface area (Å²) >= 11 is 6.13. The van der Waals surface area contributed by atoms with Crippen molar-refractivity contribution < 1.29 is 0 Å². The highest BCUT2D eigenvalue weighted by Crippen LogP contribution is 2.27. The lowest BCUT2D eigenvalue weighted by Crippen LogP contribution is -2.22. The minimum Gasteiger partial charge on any atom is -0.268 e. The third-order valence-electron chi connectivity index (χ3n) is 6.21. The van der Waals surface area contributed by atoms with Crippen molar-refractivity contribution in [2.24, 2.45) is 0 Å². The molecule has 2 heterocycles. The van der Waals surface area contributed by atoms with E-state index in [9.17, 15) is 4.79 Å². The van der Waals surface area contributed by atoms with Crippen molar-refractivity contribution in [3.63, 3.8) is 0 Å². The molecule has 6 heteroatoms. The van der Waals surface area contributed by atoms with Crippen LogP contribution >= 0.6 is 11.6 Å². The van der Waals surface area contributed by atoms with Gasteiger partial charge < -0.3 is 0 Å². The van der Waals surface area contributed by atoms with Crippen molar-refractivity contribution >= 4 is 22.6 Å². The number of rotatable bonds is 4. The summed E-state index contributed by atoms with van der Waals surface area (Å²) in [5.74, 6) is 0.531. The fraction of sp³-hybridized carbons (Fsp3) is 0.0333. The zero-order valence-electron chi connectivity index (χ0n) is 19.5. The molecule has 0 bridgehead atoms. The second-order valence-corrected chi connectivity index (χ2v) is 9.06. The molecule has 0 amide bonds. The van der Waals surface area contributed by atoms with Crippen molar-refractivity contribution in [1.29, 1.82) is 0 Å². The molecule has 0 spiro atoms. The Hall–Kier alpha value is -4.48. The Bertz CT molecular complexity index is 1740. The zero-order valence-corrected chi connectivity index (χ0v) is 20.2. The Balaban J connectivity index is 1.57. The summed E-state index contributed by atoms with van der Waals surface area (Å²) in [6.07, 6.45) is 1.58. The molecule has 5 nitrogen and oxygen atoms in total. The van der Waals surface area contributed by atoms with Crippen LogP contribution in [-0.2, 0) is 0 Å². The average Bonchev–Trinajstić information content (AvgIpc) is 3.35. The molecule has 4 aromatic carbocycles. The van der Waals surface area contributed by atoms with Crippen LogP contribution in [0.3, 0.4) is 0 Å². The first-order chi connectivity index (χ1) is 17.6. The second kappa shape index (κ2) is 8.95. The van der Waals surface area contributed by atoms with Crippen molar-refractivity contribution in [2.45, 2.75) is 6.92 Å². The molecule has 6 aromatic rings. The van der Waals surface area contributed by atoms with Gasteiger partial charge in [-0.2, -0.15) is 5.10 Å². The fourth-order valence-electron chi connectivity index (χ4n) is 4.31. The van der Waals surface area contributed by atoms with E-state index in [2.05, 4.69) is 48.4 Å². The lowest BCUT2D eigenvalue weighted by molar-refractivity contribution is 0.888. The van der Waals surface area contributed by atoms with E-state index in [1.54, 1.807) is 27.6 Å². The van der Waals surface area contributed by atoms with Gasteiger partial charge in [0.15, 0.2) is 5.65 Å². The number of aryl methyl sites for hydroxylation is 1. The molecule has 0 atom stereocenters. The minimum atomic E-state index is -0.192. The lowest BCUT2D eigenvalue weighted by atomic mass is 10.0. The molecule has 0 unspecified atom stereocenters. The van der Waals surface area contributed by atoms with Crippen LogP contribution in [0.25, 0.3) is 44.9 Å². The van der Waals surface area contributed by atoms with E-state index in [4.69, 9.17) is 16.6 Å². The molecule has 0 radical (unpaired) electrons. The Morgan fingerprint density at radius 1 is 0.694 bits per heavy atom. The molecule has 174 valence electrons. The highest BCUT2D eigenvalue weighted by atomic mass is 35.5. The average molecular weight is 489 g/mol. The van der Waals surface area contributed by atoms with Crippen molar-refractivity contribution in [2.75, 3.05) is 0 Å². The maximum atomic E-state index is 13.8. The summed E-state index contributed by atoms with van der Waals surface area (Å²) in [4.78, 5) is 18.8. The Kier molecular flexibility index (Phi) is 5.47. The van der Waals surface area contributed by atoms with Crippen molar-refractivity contribution in [1.82, 2.24) is 19.3 Å². The molecule has 0 aliphatic heterocycles. The topological polar surface area (TPSA) is 52.7 Å². The third-order valence-corrected chi connectivity index (χ3v) is 6.47. The van der Waals surface area contributed by atoms with Gasteiger partial charge >= 0.3 is 0 Å². The summed E-state index contributed by atoms with van der Waals surface area (Å²) in [5.41, 5.74) is 6.10. The normalized spacial score (nSPS) is 11.2. The number of fused-ring (bicyclic) bond motifs is 1. The Morgan fingerprint density at radius 3 is 1.97 bits per heavy atom. The van der Waals surface area contributed by atoms with Gasteiger partial charge in [-0.25, -0.2) is 9.67 Å². The lowest BCUT2D eigenvalue weighted by Gasteiger charge is -2.14. The van der Waals surface area contributed by atoms with Crippen LogP contribution in [0.15, 0.2) is 114 Å². The van der Waals surface area contributed by atoms with Gasteiger partial charge in [-0.15, -0.1) is 0 Å². The van der Waals surface area contributed by atoms with E-state index < -0.39 is 0 Å². The number of hydrogen-bond donors (Lipinski definition) is 0. The number of aromatic nitrogens is 4. The predicted molar refractivity (Wildman–Crippen MR) is 145 cm³/mol. The van der Waals surface area contributed by atoms with Crippen molar-refractivity contribution in [3.05, 3.63) is 130 Å². The van der Waals surface area contributed by atoms with Crippen LogP contribution in [0.5, 0.6) is 0 Å². The minimum absolute atomic E-state index is 0.192. The van der Waals surface area contributed by atoms with Crippen molar-refractivity contribution in [3.8, 4) is 33.9 Å². The summed E-state index contributed by atoms with van der Waals surface area (Å²) in [6, 6.07) is 33.4. The van der Waals surface area contributed by atoms with E-state index in [1.807, 2.05) is 54.6 Å².